The number of nitrogens with zero attached hydrogens (tertiary/aromatic N) is 3. The lowest BCUT2D eigenvalue weighted by atomic mass is 10.0. The molecule has 2 aromatic carbocycles. The molecule has 0 aliphatic carbocycles. The van der Waals surface area contributed by atoms with Crippen LogP contribution >= 0.6 is 24.0 Å². The van der Waals surface area contributed by atoms with Gasteiger partial charge in [0.15, 0.2) is 0 Å². The summed E-state index contributed by atoms with van der Waals surface area (Å²) in [5, 5.41) is 4.95. The average Bonchev–Trinajstić information content (AvgIpc) is 3.48. The zero-order valence-corrected chi connectivity index (χ0v) is 25.0. The fourth-order valence-electron chi connectivity index (χ4n) is 4.60. The lowest BCUT2D eigenvalue weighted by molar-refractivity contribution is -0.122. The molecule has 1 aromatic heterocycles. The minimum Gasteiger partial charge on any atom is -0.493 e. The van der Waals surface area contributed by atoms with Gasteiger partial charge in [-0.05, 0) is 61.7 Å². The number of para-hydroxylation sites is 1. The fourth-order valence-corrected chi connectivity index (χ4v) is 5.90. The number of benzene rings is 2. The first-order valence-corrected chi connectivity index (χ1v) is 15.4. The standard InChI is InChI=1S/C32H39N3O2S2/c1-4-6-8-9-10-14-19-34-31(36)29(39-32(34)38)22-26-23-35(27-15-12-11-13-16-27)33-30(26)25-17-18-28(24(3)21-25)37-20-7-5-2/h11-13,15-18,21-23H,4-10,14,19-20H2,1-3H3. The Bertz CT molecular complexity index is 1300. The Morgan fingerprint density at radius 1 is 0.974 bits per heavy atom. The predicted octanol–water partition coefficient (Wildman–Crippen LogP) is 8.59. The van der Waals surface area contributed by atoms with Gasteiger partial charge in [-0.3, -0.25) is 9.69 Å². The van der Waals surface area contributed by atoms with E-state index in [1.165, 1.54) is 37.4 Å². The molecule has 0 atom stereocenters. The van der Waals surface area contributed by atoms with Gasteiger partial charge in [0.05, 0.1) is 17.2 Å². The third-order valence-corrected chi connectivity index (χ3v) is 8.24. The normalized spacial score (nSPS) is 14.5. The number of aryl methyl sites for hydroxylation is 1. The van der Waals surface area contributed by atoms with Crippen molar-refractivity contribution in [3.63, 3.8) is 0 Å². The van der Waals surface area contributed by atoms with E-state index in [0.29, 0.717) is 22.4 Å². The van der Waals surface area contributed by atoms with E-state index < -0.39 is 0 Å². The molecular formula is C32H39N3O2S2. The molecule has 3 aromatic rings. The van der Waals surface area contributed by atoms with Crippen molar-refractivity contribution < 1.29 is 9.53 Å². The Hall–Kier alpha value is -2.90. The molecule has 0 N–H and O–H groups in total. The van der Waals surface area contributed by atoms with Gasteiger partial charge in [-0.1, -0.05) is 94.6 Å². The highest BCUT2D eigenvalue weighted by Gasteiger charge is 2.32. The predicted molar refractivity (Wildman–Crippen MR) is 167 cm³/mol. The molecule has 0 bridgehead atoms. The molecule has 1 aliphatic heterocycles. The first-order valence-electron chi connectivity index (χ1n) is 14.2. The maximum Gasteiger partial charge on any atom is 0.266 e. The molecule has 5 nitrogen and oxygen atoms in total. The van der Waals surface area contributed by atoms with E-state index in [9.17, 15) is 4.79 Å². The summed E-state index contributed by atoms with van der Waals surface area (Å²) in [7, 11) is 0. The number of carbonyl (C=O) groups is 1. The monoisotopic (exact) mass is 561 g/mol. The van der Waals surface area contributed by atoms with Gasteiger partial charge >= 0.3 is 0 Å². The molecule has 0 saturated carbocycles. The SMILES string of the molecule is CCCCCCCCN1C(=O)C(=Cc2cn(-c3ccccc3)nc2-c2ccc(OCCCC)c(C)c2)SC1=S. The van der Waals surface area contributed by atoms with Crippen molar-refractivity contribution in [2.45, 2.75) is 72.1 Å². The van der Waals surface area contributed by atoms with Gasteiger partial charge in [0.1, 0.15) is 15.8 Å². The van der Waals surface area contributed by atoms with Gasteiger partial charge in [-0.15, -0.1) is 0 Å². The first kappa shape index (κ1) is 29.1. The Morgan fingerprint density at radius 3 is 2.46 bits per heavy atom. The van der Waals surface area contributed by atoms with Crippen molar-refractivity contribution in [1.29, 1.82) is 0 Å². The molecule has 1 saturated heterocycles. The van der Waals surface area contributed by atoms with Crippen LogP contribution in [0.2, 0.25) is 0 Å². The Balaban J connectivity index is 1.59. The van der Waals surface area contributed by atoms with E-state index in [-0.39, 0.29) is 5.91 Å². The highest BCUT2D eigenvalue weighted by Crippen LogP contribution is 2.36. The van der Waals surface area contributed by atoms with Gasteiger partial charge in [0, 0.05) is 23.9 Å². The summed E-state index contributed by atoms with van der Waals surface area (Å²) in [5.74, 6) is 0.889. The average molecular weight is 562 g/mol. The van der Waals surface area contributed by atoms with Gasteiger partial charge in [0.25, 0.3) is 5.91 Å². The van der Waals surface area contributed by atoms with Crippen molar-refractivity contribution in [2.75, 3.05) is 13.2 Å². The second-order valence-electron chi connectivity index (χ2n) is 10.00. The number of aromatic nitrogens is 2. The largest absolute Gasteiger partial charge is 0.493 e. The molecule has 1 fully saturated rings. The van der Waals surface area contributed by atoms with Gasteiger partial charge < -0.3 is 4.74 Å². The van der Waals surface area contributed by atoms with E-state index in [1.54, 1.807) is 4.90 Å². The van der Waals surface area contributed by atoms with Gasteiger partial charge in [-0.25, -0.2) is 4.68 Å². The molecule has 1 aliphatic rings. The molecule has 2 heterocycles. The summed E-state index contributed by atoms with van der Waals surface area (Å²) in [4.78, 5) is 15.8. The van der Waals surface area contributed by atoms with Crippen molar-refractivity contribution in [3.05, 3.63) is 70.8 Å². The number of hydrogen-bond donors (Lipinski definition) is 0. The maximum absolute atomic E-state index is 13.3. The number of carbonyl (C=O) groups excluding carboxylic acids is 1. The molecule has 0 radical (unpaired) electrons. The smallest absolute Gasteiger partial charge is 0.266 e. The summed E-state index contributed by atoms with van der Waals surface area (Å²) in [6.07, 6.45) is 13.2. The summed E-state index contributed by atoms with van der Waals surface area (Å²) < 4.78 is 8.49. The van der Waals surface area contributed by atoms with E-state index in [0.717, 1.165) is 59.5 Å². The van der Waals surface area contributed by atoms with E-state index in [2.05, 4.69) is 26.8 Å². The van der Waals surface area contributed by atoms with Crippen LogP contribution in [0.1, 0.15) is 76.3 Å². The minimum atomic E-state index is -0.00665. The van der Waals surface area contributed by atoms with Crippen LogP contribution in [0.3, 0.4) is 0 Å². The van der Waals surface area contributed by atoms with Crippen LogP contribution in [0, 0.1) is 6.92 Å². The third-order valence-electron chi connectivity index (χ3n) is 6.86. The second kappa shape index (κ2) is 14.5. The number of rotatable bonds is 14. The molecule has 206 valence electrons. The number of thioether (sulfide) groups is 1. The summed E-state index contributed by atoms with van der Waals surface area (Å²) in [6.45, 7) is 7.84. The number of thiocarbonyl (C=S) groups is 1. The number of unbranched alkanes of at least 4 members (excludes halogenated alkanes) is 6. The Labute approximate surface area is 242 Å². The van der Waals surface area contributed by atoms with Crippen molar-refractivity contribution in [2.24, 2.45) is 0 Å². The minimum absolute atomic E-state index is 0.00665. The molecule has 1 amide bonds. The maximum atomic E-state index is 13.3. The summed E-state index contributed by atoms with van der Waals surface area (Å²) in [6, 6.07) is 16.2. The first-order chi connectivity index (χ1) is 19.0. The summed E-state index contributed by atoms with van der Waals surface area (Å²) in [5.41, 5.74) is 4.72. The van der Waals surface area contributed by atoms with Crippen LogP contribution in [-0.4, -0.2) is 38.1 Å². The van der Waals surface area contributed by atoms with Crippen LogP contribution in [0.25, 0.3) is 23.0 Å². The lowest BCUT2D eigenvalue weighted by Gasteiger charge is -2.14. The van der Waals surface area contributed by atoms with Crippen molar-refractivity contribution >= 4 is 40.3 Å². The van der Waals surface area contributed by atoms with E-state index in [4.69, 9.17) is 22.1 Å². The Kier molecular flexibility index (Phi) is 10.8. The molecular weight excluding hydrogens is 523 g/mol. The molecule has 0 spiro atoms. The zero-order chi connectivity index (χ0) is 27.6. The second-order valence-corrected chi connectivity index (χ2v) is 11.7. The number of hydrogen-bond acceptors (Lipinski definition) is 5. The van der Waals surface area contributed by atoms with Crippen molar-refractivity contribution in [1.82, 2.24) is 14.7 Å². The highest BCUT2D eigenvalue weighted by atomic mass is 32.2. The highest BCUT2D eigenvalue weighted by molar-refractivity contribution is 8.26. The third kappa shape index (κ3) is 7.61. The van der Waals surface area contributed by atoms with Gasteiger partial charge in [-0.2, -0.15) is 5.10 Å². The zero-order valence-electron chi connectivity index (χ0n) is 23.3. The van der Waals surface area contributed by atoms with Gasteiger partial charge in [0.2, 0.25) is 0 Å². The van der Waals surface area contributed by atoms with E-state index in [1.807, 2.05) is 59.4 Å². The fraction of sp³-hybridized carbons (Fsp3) is 0.406. The quantitative estimate of drug-likeness (QED) is 0.112. The summed E-state index contributed by atoms with van der Waals surface area (Å²) >= 11 is 6.99. The molecule has 4 rings (SSSR count). The van der Waals surface area contributed by atoms with Crippen LogP contribution in [0.4, 0.5) is 0 Å². The molecule has 7 heteroatoms. The van der Waals surface area contributed by atoms with Crippen LogP contribution in [0.5, 0.6) is 5.75 Å². The lowest BCUT2D eigenvalue weighted by Crippen LogP contribution is -2.29. The number of ether oxygens (including phenoxy) is 1. The van der Waals surface area contributed by atoms with Crippen LogP contribution < -0.4 is 4.74 Å². The molecule has 0 unspecified atom stereocenters. The van der Waals surface area contributed by atoms with E-state index >= 15 is 0 Å². The molecule has 39 heavy (non-hydrogen) atoms. The van der Waals surface area contributed by atoms with Crippen LogP contribution in [-0.2, 0) is 4.79 Å². The Morgan fingerprint density at radius 2 is 1.72 bits per heavy atom. The van der Waals surface area contributed by atoms with Crippen LogP contribution in [0.15, 0.2) is 59.6 Å². The number of amides is 1. The van der Waals surface area contributed by atoms with Crippen molar-refractivity contribution in [3.8, 4) is 22.7 Å². The topological polar surface area (TPSA) is 47.4 Å².